The van der Waals surface area contributed by atoms with Crippen LogP contribution in [0.4, 0.5) is 5.95 Å². The third-order valence-corrected chi connectivity index (χ3v) is 5.80. The highest BCUT2D eigenvalue weighted by Crippen LogP contribution is 2.32. The van der Waals surface area contributed by atoms with E-state index in [1.54, 1.807) is 7.05 Å². The van der Waals surface area contributed by atoms with E-state index in [0.29, 0.717) is 29.7 Å². The van der Waals surface area contributed by atoms with E-state index in [1.807, 2.05) is 6.92 Å². The van der Waals surface area contributed by atoms with Crippen LogP contribution in [0.15, 0.2) is 9.59 Å². The van der Waals surface area contributed by atoms with Crippen LogP contribution in [0, 0.1) is 5.92 Å². The standard InChI is InChI=1S/C18H27N5O2/c1-4-21-16(24)14-15(20(3)18(21)25)19-17-22(10-12(2)11-23(14)17)13-8-6-5-7-9-13/h12-13H,4-11H2,1-3H3/t12-/m0/s1. The minimum atomic E-state index is -0.285. The van der Waals surface area contributed by atoms with Crippen molar-refractivity contribution in [2.75, 3.05) is 11.4 Å². The van der Waals surface area contributed by atoms with Crippen LogP contribution < -0.4 is 16.1 Å². The summed E-state index contributed by atoms with van der Waals surface area (Å²) in [6, 6.07) is 0.498. The Balaban J connectivity index is 1.95. The molecule has 0 unspecified atom stereocenters. The summed E-state index contributed by atoms with van der Waals surface area (Å²) in [6.45, 7) is 6.20. The first-order valence-electron chi connectivity index (χ1n) is 9.49. The van der Waals surface area contributed by atoms with Gasteiger partial charge in [-0.2, -0.15) is 4.98 Å². The molecule has 7 nitrogen and oxygen atoms in total. The SMILES string of the molecule is CCn1c(=O)c2c(nc3n2C[C@@H](C)CN3C2CCCCC2)n(C)c1=O. The van der Waals surface area contributed by atoms with Crippen molar-refractivity contribution in [3.63, 3.8) is 0 Å². The van der Waals surface area contributed by atoms with E-state index in [0.717, 1.165) is 19.0 Å². The average Bonchev–Trinajstić information content (AvgIpc) is 3.00. The molecule has 0 spiro atoms. The Hall–Kier alpha value is -2.05. The maximum atomic E-state index is 12.9. The molecule has 0 N–H and O–H groups in total. The summed E-state index contributed by atoms with van der Waals surface area (Å²) in [7, 11) is 1.71. The zero-order valence-electron chi connectivity index (χ0n) is 15.4. The number of fused-ring (bicyclic) bond motifs is 3. The molecule has 2 aliphatic rings. The predicted octanol–water partition coefficient (Wildman–Crippen LogP) is 1.71. The average molecular weight is 345 g/mol. The Morgan fingerprint density at radius 3 is 2.52 bits per heavy atom. The molecule has 136 valence electrons. The van der Waals surface area contributed by atoms with Crippen LogP contribution in [0.25, 0.3) is 11.2 Å². The fraction of sp³-hybridized carbons (Fsp3) is 0.722. The third kappa shape index (κ3) is 2.43. The van der Waals surface area contributed by atoms with Crippen LogP contribution in [-0.4, -0.2) is 31.3 Å². The highest BCUT2D eigenvalue weighted by atomic mass is 16.2. The highest BCUT2D eigenvalue weighted by Gasteiger charge is 2.33. The van der Waals surface area contributed by atoms with Gasteiger partial charge in [0.25, 0.3) is 5.56 Å². The minimum Gasteiger partial charge on any atom is -0.339 e. The van der Waals surface area contributed by atoms with Crippen molar-refractivity contribution in [2.24, 2.45) is 13.0 Å². The van der Waals surface area contributed by atoms with Gasteiger partial charge in [0, 0.05) is 32.7 Å². The van der Waals surface area contributed by atoms with Gasteiger partial charge < -0.3 is 9.47 Å². The van der Waals surface area contributed by atoms with Crippen LogP contribution in [-0.2, 0) is 20.1 Å². The second-order valence-electron chi connectivity index (χ2n) is 7.63. The van der Waals surface area contributed by atoms with Crippen LogP contribution in [0.1, 0.15) is 46.0 Å². The molecule has 0 saturated heterocycles. The van der Waals surface area contributed by atoms with Crippen molar-refractivity contribution in [1.29, 1.82) is 0 Å². The smallest absolute Gasteiger partial charge is 0.332 e. The quantitative estimate of drug-likeness (QED) is 0.831. The van der Waals surface area contributed by atoms with Gasteiger partial charge >= 0.3 is 5.69 Å². The molecule has 4 rings (SSSR count). The number of imidazole rings is 1. The Morgan fingerprint density at radius 1 is 1.12 bits per heavy atom. The summed E-state index contributed by atoms with van der Waals surface area (Å²) < 4.78 is 4.89. The van der Waals surface area contributed by atoms with Crippen LogP contribution in [0.3, 0.4) is 0 Å². The number of aromatic nitrogens is 4. The molecule has 25 heavy (non-hydrogen) atoms. The molecule has 0 aromatic carbocycles. The molecular weight excluding hydrogens is 318 g/mol. The number of rotatable bonds is 2. The summed E-state index contributed by atoms with van der Waals surface area (Å²) in [5, 5.41) is 0. The van der Waals surface area contributed by atoms with Crippen molar-refractivity contribution in [2.45, 2.75) is 65.1 Å². The van der Waals surface area contributed by atoms with Gasteiger partial charge in [-0.25, -0.2) is 4.79 Å². The van der Waals surface area contributed by atoms with Gasteiger partial charge in [-0.3, -0.25) is 13.9 Å². The van der Waals surface area contributed by atoms with Gasteiger partial charge in [0.2, 0.25) is 5.95 Å². The summed E-state index contributed by atoms with van der Waals surface area (Å²) in [5.74, 6) is 1.33. The normalized spacial score (nSPS) is 21.7. The van der Waals surface area contributed by atoms with Crippen molar-refractivity contribution < 1.29 is 0 Å². The maximum absolute atomic E-state index is 12.9. The molecule has 1 aliphatic carbocycles. The topological polar surface area (TPSA) is 65.1 Å². The number of hydrogen-bond donors (Lipinski definition) is 0. The Labute approximate surface area is 146 Å². The van der Waals surface area contributed by atoms with Crippen molar-refractivity contribution in [3.8, 4) is 0 Å². The summed E-state index contributed by atoms with van der Waals surface area (Å²) in [6.07, 6.45) is 6.21. The molecular formula is C18H27N5O2. The molecule has 3 heterocycles. The van der Waals surface area contributed by atoms with E-state index in [4.69, 9.17) is 4.98 Å². The number of hydrogen-bond acceptors (Lipinski definition) is 4. The third-order valence-electron chi connectivity index (χ3n) is 5.80. The molecule has 2 aromatic rings. The summed E-state index contributed by atoms with van der Waals surface area (Å²) >= 11 is 0. The Bertz CT molecular complexity index is 916. The monoisotopic (exact) mass is 345 g/mol. The Kier molecular flexibility index (Phi) is 3.96. The van der Waals surface area contributed by atoms with E-state index >= 15 is 0 Å². The lowest BCUT2D eigenvalue weighted by Crippen LogP contribution is -2.45. The van der Waals surface area contributed by atoms with Gasteiger partial charge in [-0.05, 0) is 25.7 Å². The summed E-state index contributed by atoms with van der Waals surface area (Å²) in [5.41, 5.74) is 0.598. The summed E-state index contributed by atoms with van der Waals surface area (Å²) in [4.78, 5) is 32.6. The first kappa shape index (κ1) is 16.4. The number of anilines is 1. The molecule has 2 aromatic heterocycles. The van der Waals surface area contributed by atoms with E-state index in [9.17, 15) is 9.59 Å². The number of nitrogens with zero attached hydrogens (tertiary/aromatic N) is 5. The fourth-order valence-electron chi connectivity index (χ4n) is 4.52. The molecule has 1 fully saturated rings. The highest BCUT2D eigenvalue weighted by molar-refractivity contribution is 5.75. The van der Waals surface area contributed by atoms with Gasteiger partial charge in [0.1, 0.15) is 0 Å². The predicted molar refractivity (Wildman–Crippen MR) is 98.3 cm³/mol. The fourth-order valence-corrected chi connectivity index (χ4v) is 4.52. The molecule has 0 bridgehead atoms. The largest absolute Gasteiger partial charge is 0.339 e. The van der Waals surface area contributed by atoms with Crippen LogP contribution >= 0.6 is 0 Å². The van der Waals surface area contributed by atoms with E-state index in [1.165, 1.54) is 41.2 Å². The molecule has 1 aliphatic heterocycles. The minimum absolute atomic E-state index is 0.211. The molecule has 1 saturated carbocycles. The second kappa shape index (κ2) is 6.04. The maximum Gasteiger partial charge on any atom is 0.332 e. The van der Waals surface area contributed by atoms with Gasteiger partial charge in [0.15, 0.2) is 11.2 Å². The molecule has 0 radical (unpaired) electrons. The van der Waals surface area contributed by atoms with Crippen LogP contribution in [0.2, 0.25) is 0 Å². The molecule has 1 atom stereocenters. The first-order valence-corrected chi connectivity index (χ1v) is 9.49. The van der Waals surface area contributed by atoms with Crippen molar-refractivity contribution in [3.05, 3.63) is 20.8 Å². The van der Waals surface area contributed by atoms with Gasteiger partial charge in [0.05, 0.1) is 0 Å². The lowest BCUT2D eigenvalue weighted by atomic mass is 9.93. The number of aryl methyl sites for hydroxylation is 1. The van der Waals surface area contributed by atoms with E-state index < -0.39 is 0 Å². The second-order valence-corrected chi connectivity index (χ2v) is 7.63. The van der Waals surface area contributed by atoms with Crippen molar-refractivity contribution >= 4 is 17.1 Å². The van der Waals surface area contributed by atoms with E-state index in [-0.39, 0.29) is 11.2 Å². The zero-order chi connectivity index (χ0) is 17.7. The Morgan fingerprint density at radius 2 is 1.84 bits per heavy atom. The van der Waals surface area contributed by atoms with Crippen molar-refractivity contribution in [1.82, 2.24) is 18.7 Å². The van der Waals surface area contributed by atoms with Gasteiger partial charge in [-0.15, -0.1) is 0 Å². The van der Waals surface area contributed by atoms with E-state index in [2.05, 4.69) is 16.4 Å². The zero-order valence-corrected chi connectivity index (χ0v) is 15.4. The molecule has 0 amide bonds. The van der Waals surface area contributed by atoms with Gasteiger partial charge in [-0.1, -0.05) is 26.2 Å². The lowest BCUT2D eigenvalue weighted by Gasteiger charge is -2.40. The molecule has 7 heteroatoms. The van der Waals surface area contributed by atoms with Crippen LogP contribution in [0.5, 0.6) is 0 Å². The first-order chi connectivity index (χ1) is 12.0. The lowest BCUT2D eigenvalue weighted by molar-refractivity contribution is 0.354.